The van der Waals surface area contributed by atoms with E-state index < -0.39 is 0 Å². The van der Waals surface area contributed by atoms with Crippen molar-refractivity contribution in [2.75, 3.05) is 39.3 Å². The zero-order valence-electron chi connectivity index (χ0n) is 12.1. The van der Waals surface area contributed by atoms with Gasteiger partial charge in [-0.25, -0.2) is 0 Å². The minimum absolute atomic E-state index is 0.0138. The topological polar surface area (TPSA) is 65.8 Å². The molecule has 6 nitrogen and oxygen atoms in total. The smallest absolute Gasteiger partial charge is 0.234 e. The van der Waals surface area contributed by atoms with E-state index in [9.17, 15) is 9.59 Å². The molecule has 2 fully saturated rings. The van der Waals surface area contributed by atoms with Gasteiger partial charge >= 0.3 is 0 Å². The first-order chi connectivity index (χ1) is 10.2. The second kappa shape index (κ2) is 6.41. The van der Waals surface area contributed by atoms with Crippen LogP contribution in [0.2, 0.25) is 0 Å². The molecule has 114 valence electrons. The summed E-state index contributed by atoms with van der Waals surface area (Å²) in [5, 5.41) is 3.00. The predicted octanol–water partition coefficient (Wildman–Crippen LogP) is 0.358. The van der Waals surface area contributed by atoms with Gasteiger partial charge in [-0.05, 0) is 25.0 Å². The Morgan fingerprint density at radius 2 is 1.81 bits per heavy atom. The molecule has 0 aromatic carbocycles. The first-order valence-electron chi connectivity index (χ1n) is 7.51. The van der Waals surface area contributed by atoms with Gasteiger partial charge in [-0.15, -0.1) is 0 Å². The average molecular weight is 291 g/mol. The van der Waals surface area contributed by atoms with Crippen LogP contribution in [0.3, 0.4) is 0 Å². The average Bonchev–Trinajstić information content (AvgIpc) is 3.10. The first-order valence-corrected chi connectivity index (χ1v) is 7.51. The highest BCUT2D eigenvalue weighted by Crippen LogP contribution is 2.18. The molecule has 3 rings (SSSR count). The molecule has 2 aliphatic rings. The lowest BCUT2D eigenvalue weighted by molar-refractivity contribution is -0.122. The van der Waals surface area contributed by atoms with Gasteiger partial charge in [0.1, 0.15) is 0 Å². The maximum absolute atomic E-state index is 11.9. The van der Waals surface area contributed by atoms with E-state index in [-0.39, 0.29) is 11.7 Å². The van der Waals surface area contributed by atoms with Crippen LogP contribution in [0.4, 0.5) is 0 Å². The molecule has 0 bridgehead atoms. The van der Waals surface area contributed by atoms with E-state index in [0.717, 1.165) is 39.0 Å². The summed E-state index contributed by atoms with van der Waals surface area (Å²) in [6, 6.07) is 3.84. The summed E-state index contributed by atoms with van der Waals surface area (Å²) in [5.41, 5.74) is 0. The van der Waals surface area contributed by atoms with Crippen molar-refractivity contribution in [2.45, 2.75) is 18.9 Å². The fourth-order valence-electron chi connectivity index (χ4n) is 2.53. The largest absolute Gasteiger partial charge is 0.461 e. The predicted molar refractivity (Wildman–Crippen MR) is 77.1 cm³/mol. The van der Waals surface area contributed by atoms with Crippen molar-refractivity contribution in [1.29, 1.82) is 0 Å². The van der Waals surface area contributed by atoms with Crippen molar-refractivity contribution in [3.63, 3.8) is 0 Å². The third-order valence-electron chi connectivity index (χ3n) is 3.94. The number of hydrogen-bond acceptors (Lipinski definition) is 5. The summed E-state index contributed by atoms with van der Waals surface area (Å²) in [6.07, 6.45) is 3.76. The lowest BCUT2D eigenvalue weighted by Crippen LogP contribution is -2.50. The van der Waals surface area contributed by atoms with Gasteiger partial charge in [-0.1, -0.05) is 0 Å². The Morgan fingerprint density at radius 3 is 2.38 bits per heavy atom. The van der Waals surface area contributed by atoms with Crippen molar-refractivity contribution < 1.29 is 14.0 Å². The number of nitrogens with one attached hydrogen (secondary N) is 1. The Morgan fingerprint density at radius 1 is 1.14 bits per heavy atom. The maximum Gasteiger partial charge on any atom is 0.234 e. The molecule has 1 aromatic rings. The van der Waals surface area contributed by atoms with Gasteiger partial charge in [-0.3, -0.25) is 19.4 Å². The van der Waals surface area contributed by atoms with Gasteiger partial charge in [-0.2, -0.15) is 0 Å². The van der Waals surface area contributed by atoms with Crippen LogP contribution in [0.5, 0.6) is 0 Å². The van der Waals surface area contributed by atoms with Gasteiger partial charge in [0.2, 0.25) is 11.7 Å². The molecule has 21 heavy (non-hydrogen) atoms. The highest BCUT2D eigenvalue weighted by Gasteiger charge is 2.25. The number of carbonyl (C=O) groups excluding carboxylic acids is 2. The highest BCUT2D eigenvalue weighted by atomic mass is 16.3. The Kier molecular flexibility index (Phi) is 4.36. The molecule has 1 aromatic heterocycles. The van der Waals surface area contributed by atoms with Gasteiger partial charge < -0.3 is 9.73 Å². The second-order valence-corrected chi connectivity index (χ2v) is 5.79. The van der Waals surface area contributed by atoms with Crippen LogP contribution in [0.25, 0.3) is 0 Å². The lowest BCUT2D eigenvalue weighted by atomic mass is 10.2. The van der Waals surface area contributed by atoms with Crippen LogP contribution in [-0.4, -0.2) is 66.8 Å². The number of Topliss-reactive ketones (excluding diaryl/α,β-unsaturated/α-hetero) is 1. The summed E-state index contributed by atoms with van der Waals surface area (Å²) in [5.74, 6) is 0.554. The highest BCUT2D eigenvalue weighted by molar-refractivity contribution is 5.95. The summed E-state index contributed by atoms with van der Waals surface area (Å²) in [4.78, 5) is 27.9. The van der Waals surface area contributed by atoms with Crippen LogP contribution in [0.1, 0.15) is 23.4 Å². The number of furan rings is 1. The summed E-state index contributed by atoms with van der Waals surface area (Å²) in [7, 11) is 0. The monoisotopic (exact) mass is 291 g/mol. The van der Waals surface area contributed by atoms with Crippen LogP contribution in [-0.2, 0) is 4.79 Å². The van der Waals surface area contributed by atoms with Crippen molar-refractivity contribution in [3.8, 4) is 0 Å². The molecule has 1 saturated carbocycles. The van der Waals surface area contributed by atoms with E-state index in [2.05, 4.69) is 15.1 Å². The molecule has 0 radical (unpaired) electrons. The Hall–Kier alpha value is -1.66. The number of nitrogens with zero attached hydrogens (tertiary/aromatic N) is 2. The van der Waals surface area contributed by atoms with Crippen LogP contribution in [0, 0.1) is 0 Å². The zero-order valence-corrected chi connectivity index (χ0v) is 12.1. The Labute approximate surface area is 124 Å². The number of rotatable bonds is 6. The normalized spacial score (nSPS) is 20.4. The molecule has 1 amide bonds. The molecule has 1 N–H and O–H groups in total. The molecular weight excluding hydrogens is 270 g/mol. The van der Waals surface area contributed by atoms with Crippen LogP contribution < -0.4 is 5.32 Å². The van der Waals surface area contributed by atoms with Crippen molar-refractivity contribution in [1.82, 2.24) is 15.1 Å². The Bertz CT molecular complexity index is 488. The third kappa shape index (κ3) is 4.15. The van der Waals surface area contributed by atoms with E-state index in [1.54, 1.807) is 12.1 Å². The third-order valence-corrected chi connectivity index (χ3v) is 3.94. The molecule has 1 aliphatic heterocycles. The Balaban J connectivity index is 1.38. The van der Waals surface area contributed by atoms with E-state index in [1.807, 2.05) is 0 Å². The standard InChI is InChI=1S/C15H21N3O3/c19-13(14-2-1-9-21-14)10-17-5-7-18(8-6-17)11-15(20)16-12-3-4-12/h1-2,9,12H,3-8,10-11H2,(H,16,20). The van der Waals surface area contributed by atoms with Crippen molar-refractivity contribution >= 4 is 11.7 Å². The quantitative estimate of drug-likeness (QED) is 0.767. The van der Waals surface area contributed by atoms with E-state index >= 15 is 0 Å². The second-order valence-electron chi connectivity index (χ2n) is 5.79. The zero-order chi connectivity index (χ0) is 14.7. The SMILES string of the molecule is O=C(CN1CCN(CC(=O)c2ccco2)CC1)NC1CC1. The van der Waals surface area contributed by atoms with Gasteiger partial charge in [0, 0.05) is 32.2 Å². The van der Waals surface area contributed by atoms with E-state index in [4.69, 9.17) is 4.42 Å². The molecule has 0 spiro atoms. The summed E-state index contributed by atoms with van der Waals surface area (Å²) < 4.78 is 5.11. The molecule has 1 saturated heterocycles. The van der Waals surface area contributed by atoms with Crippen LogP contribution in [0.15, 0.2) is 22.8 Å². The molecule has 0 atom stereocenters. The molecule has 2 heterocycles. The summed E-state index contributed by atoms with van der Waals surface area (Å²) in [6.45, 7) is 4.12. The summed E-state index contributed by atoms with van der Waals surface area (Å²) >= 11 is 0. The number of piperazine rings is 1. The van der Waals surface area contributed by atoms with Gasteiger partial charge in [0.15, 0.2) is 5.76 Å². The number of ketones is 1. The minimum Gasteiger partial charge on any atom is -0.461 e. The molecule has 1 aliphatic carbocycles. The fourth-order valence-corrected chi connectivity index (χ4v) is 2.53. The lowest BCUT2D eigenvalue weighted by Gasteiger charge is -2.33. The molecule has 6 heteroatoms. The number of amides is 1. The molecular formula is C15H21N3O3. The van der Waals surface area contributed by atoms with E-state index in [0.29, 0.717) is 24.9 Å². The van der Waals surface area contributed by atoms with Gasteiger partial charge in [0.25, 0.3) is 0 Å². The van der Waals surface area contributed by atoms with Crippen molar-refractivity contribution in [2.24, 2.45) is 0 Å². The maximum atomic E-state index is 11.9. The minimum atomic E-state index is 0.0138. The number of hydrogen-bond donors (Lipinski definition) is 1. The van der Waals surface area contributed by atoms with Crippen LogP contribution >= 0.6 is 0 Å². The first kappa shape index (κ1) is 14.3. The fraction of sp³-hybridized carbons (Fsp3) is 0.600. The van der Waals surface area contributed by atoms with Crippen molar-refractivity contribution in [3.05, 3.63) is 24.2 Å². The van der Waals surface area contributed by atoms with Gasteiger partial charge in [0.05, 0.1) is 19.4 Å². The number of carbonyl (C=O) groups is 2. The molecule has 0 unspecified atom stereocenters. The van der Waals surface area contributed by atoms with E-state index in [1.165, 1.54) is 6.26 Å².